The maximum atomic E-state index is 12.2. The lowest BCUT2D eigenvalue weighted by Gasteiger charge is -2.35. The van der Waals surface area contributed by atoms with E-state index in [1.807, 2.05) is 16.7 Å². The van der Waals surface area contributed by atoms with E-state index in [4.69, 9.17) is 5.11 Å². The normalized spacial score (nSPS) is 28.4. The average molecular weight is 272 g/mol. The molecule has 4 nitrogen and oxygen atoms in total. The van der Waals surface area contributed by atoms with Gasteiger partial charge >= 0.3 is 6.03 Å². The molecule has 0 saturated carbocycles. The zero-order valence-electron chi connectivity index (χ0n) is 10.9. The SMILES string of the molecule is O=C(NCC1CCCS1)N1CCCCC1CCO. The number of piperidine rings is 1. The highest BCUT2D eigenvalue weighted by Crippen LogP contribution is 2.25. The molecular formula is C13H24N2O2S. The Balaban J connectivity index is 1.77. The average Bonchev–Trinajstić information content (AvgIpc) is 2.90. The van der Waals surface area contributed by atoms with Crippen molar-refractivity contribution in [1.29, 1.82) is 0 Å². The van der Waals surface area contributed by atoms with Crippen LogP contribution in [0.1, 0.15) is 38.5 Å². The highest BCUT2D eigenvalue weighted by atomic mass is 32.2. The van der Waals surface area contributed by atoms with Gasteiger partial charge in [0.1, 0.15) is 0 Å². The van der Waals surface area contributed by atoms with Gasteiger partial charge in [0.15, 0.2) is 0 Å². The van der Waals surface area contributed by atoms with Crippen LogP contribution in [0.5, 0.6) is 0 Å². The largest absolute Gasteiger partial charge is 0.396 e. The molecule has 2 heterocycles. The van der Waals surface area contributed by atoms with Crippen LogP contribution in [0, 0.1) is 0 Å². The summed E-state index contributed by atoms with van der Waals surface area (Å²) in [6, 6.07) is 0.306. The first-order chi connectivity index (χ1) is 8.81. The van der Waals surface area contributed by atoms with Crippen molar-refractivity contribution in [1.82, 2.24) is 10.2 Å². The number of amides is 2. The lowest BCUT2D eigenvalue weighted by Crippen LogP contribution is -2.50. The molecule has 18 heavy (non-hydrogen) atoms. The highest BCUT2D eigenvalue weighted by molar-refractivity contribution is 8.00. The highest BCUT2D eigenvalue weighted by Gasteiger charge is 2.26. The van der Waals surface area contributed by atoms with E-state index in [1.165, 1.54) is 25.0 Å². The van der Waals surface area contributed by atoms with Crippen molar-refractivity contribution in [2.24, 2.45) is 0 Å². The molecule has 0 bridgehead atoms. The zero-order valence-corrected chi connectivity index (χ0v) is 11.8. The van der Waals surface area contributed by atoms with Crippen molar-refractivity contribution in [3.8, 4) is 0 Å². The molecular weight excluding hydrogens is 248 g/mol. The second-order valence-corrected chi connectivity index (χ2v) is 6.58. The topological polar surface area (TPSA) is 52.6 Å². The molecule has 5 heteroatoms. The number of carbonyl (C=O) groups is 1. The maximum Gasteiger partial charge on any atom is 0.317 e. The van der Waals surface area contributed by atoms with Crippen molar-refractivity contribution in [3.05, 3.63) is 0 Å². The summed E-state index contributed by atoms with van der Waals surface area (Å²) in [6.45, 7) is 1.81. The van der Waals surface area contributed by atoms with Crippen LogP contribution in [-0.2, 0) is 0 Å². The van der Waals surface area contributed by atoms with Gasteiger partial charge in [0.2, 0.25) is 0 Å². The number of thioether (sulfide) groups is 1. The van der Waals surface area contributed by atoms with Crippen LogP contribution in [0.2, 0.25) is 0 Å². The van der Waals surface area contributed by atoms with Gasteiger partial charge in [-0.2, -0.15) is 11.8 Å². The molecule has 104 valence electrons. The third-order valence-electron chi connectivity index (χ3n) is 3.86. The quantitative estimate of drug-likeness (QED) is 0.821. The molecule has 2 rings (SSSR count). The predicted octanol–water partition coefficient (Wildman–Crippen LogP) is 1.83. The molecule has 0 aliphatic carbocycles. The number of carbonyl (C=O) groups excluding carboxylic acids is 1. The standard InChI is InChI=1S/C13H24N2O2S/c16-8-6-11-4-1-2-7-15(11)13(17)14-10-12-5-3-9-18-12/h11-12,16H,1-10H2,(H,14,17). The van der Waals surface area contributed by atoms with Crippen LogP contribution in [-0.4, -0.2) is 52.8 Å². The number of hydrogen-bond acceptors (Lipinski definition) is 3. The van der Waals surface area contributed by atoms with Crippen LogP contribution >= 0.6 is 11.8 Å². The van der Waals surface area contributed by atoms with E-state index in [-0.39, 0.29) is 18.7 Å². The summed E-state index contributed by atoms with van der Waals surface area (Å²) in [4.78, 5) is 14.1. The fourth-order valence-corrected chi connectivity index (χ4v) is 4.03. The summed E-state index contributed by atoms with van der Waals surface area (Å²) in [5, 5.41) is 12.7. The van der Waals surface area contributed by atoms with Crippen molar-refractivity contribution in [3.63, 3.8) is 0 Å². The number of nitrogens with one attached hydrogen (secondary N) is 1. The van der Waals surface area contributed by atoms with E-state index in [0.29, 0.717) is 11.7 Å². The Morgan fingerprint density at radius 1 is 1.33 bits per heavy atom. The maximum absolute atomic E-state index is 12.2. The smallest absolute Gasteiger partial charge is 0.317 e. The Bertz CT molecular complexity index is 268. The third-order valence-corrected chi connectivity index (χ3v) is 5.25. The van der Waals surface area contributed by atoms with Gasteiger partial charge in [-0.25, -0.2) is 4.79 Å². The number of rotatable bonds is 4. The monoisotopic (exact) mass is 272 g/mol. The van der Waals surface area contributed by atoms with Gasteiger partial charge in [0.25, 0.3) is 0 Å². The van der Waals surface area contributed by atoms with Gasteiger partial charge in [-0.15, -0.1) is 0 Å². The minimum Gasteiger partial charge on any atom is -0.396 e. The zero-order chi connectivity index (χ0) is 12.8. The van der Waals surface area contributed by atoms with Crippen LogP contribution in [0.25, 0.3) is 0 Å². The van der Waals surface area contributed by atoms with Crippen LogP contribution in [0.4, 0.5) is 4.79 Å². The second-order valence-electron chi connectivity index (χ2n) is 5.18. The van der Waals surface area contributed by atoms with E-state index < -0.39 is 0 Å². The van der Waals surface area contributed by atoms with Crippen LogP contribution in [0.3, 0.4) is 0 Å². The van der Waals surface area contributed by atoms with E-state index in [0.717, 1.165) is 25.9 Å². The number of likely N-dealkylation sites (tertiary alicyclic amines) is 1. The van der Waals surface area contributed by atoms with Gasteiger partial charge in [-0.1, -0.05) is 0 Å². The minimum absolute atomic E-state index is 0.0700. The van der Waals surface area contributed by atoms with E-state index in [9.17, 15) is 4.79 Å². The summed E-state index contributed by atoms with van der Waals surface area (Å²) >= 11 is 1.97. The Morgan fingerprint density at radius 2 is 2.22 bits per heavy atom. The predicted molar refractivity (Wildman–Crippen MR) is 74.9 cm³/mol. The van der Waals surface area contributed by atoms with Gasteiger partial charge in [-0.05, 0) is 44.3 Å². The van der Waals surface area contributed by atoms with Gasteiger partial charge in [0, 0.05) is 31.0 Å². The number of aliphatic hydroxyl groups is 1. The van der Waals surface area contributed by atoms with E-state index in [1.54, 1.807) is 0 Å². The summed E-state index contributed by atoms with van der Waals surface area (Å²) in [5.41, 5.74) is 0. The number of aliphatic hydroxyl groups excluding tert-OH is 1. The fourth-order valence-electron chi connectivity index (χ4n) is 2.83. The first-order valence-corrected chi connectivity index (χ1v) is 8.13. The molecule has 2 amide bonds. The minimum atomic E-state index is 0.0700. The van der Waals surface area contributed by atoms with Crippen molar-refractivity contribution in [2.75, 3.05) is 25.4 Å². The molecule has 2 aliphatic rings. The molecule has 0 aromatic rings. The van der Waals surface area contributed by atoms with Gasteiger partial charge in [0.05, 0.1) is 0 Å². The van der Waals surface area contributed by atoms with Crippen molar-refractivity contribution < 1.29 is 9.90 Å². The molecule has 2 saturated heterocycles. The van der Waals surface area contributed by atoms with Gasteiger partial charge in [-0.3, -0.25) is 0 Å². The summed E-state index contributed by atoms with van der Waals surface area (Å²) in [7, 11) is 0. The van der Waals surface area contributed by atoms with Crippen molar-refractivity contribution >= 4 is 17.8 Å². The van der Waals surface area contributed by atoms with E-state index >= 15 is 0 Å². The first-order valence-electron chi connectivity index (χ1n) is 7.08. The molecule has 0 aromatic heterocycles. The Kier molecular flexibility index (Phi) is 5.63. The van der Waals surface area contributed by atoms with Crippen LogP contribution in [0.15, 0.2) is 0 Å². The lowest BCUT2D eigenvalue weighted by atomic mass is 10.0. The lowest BCUT2D eigenvalue weighted by molar-refractivity contribution is 0.132. The molecule has 0 radical (unpaired) electrons. The molecule has 0 spiro atoms. The number of nitrogens with zero attached hydrogens (tertiary/aromatic N) is 1. The summed E-state index contributed by atoms with van der Waals surface area (Å²) in [6.07, 6.45) is 6.52. The Labute approximate surface area is 113 Å². The number of urea groups is 1. The van der Waals surface area contributed by atoms with Gasteiger partial charge < -0.3 is 15.3 Å². The third kappa shape index (κ3) is 3.79. The van der Waals surface area contributed by atoms with E-state index in [2.05, 4.69) is 5.32 Å². The van der Waals surface area contributed by atoms with Crippen LogP contribution < -0.4 is 5.32 Å². The molecule has 2 fully saturated rings. The fraction of sp³-hybridized carbons (Fsp3) is 0.923. The Hall–Kier alpha value is -0.420. The molecule has 2 atom stereocenters. The second kappa shape index (κ2) is 7.24. The Morgan fingerprint density at radius 3 is 2.94 bits per heavy atom. The molecule has 2 aliphatic heterocycles. The number of hydrogen-bond donors (Lipinski definition) is 2. The molecule has 0 aromatic carbocycles. The summed E-state index contributed by atoms with van der Waals surface area (Å²) in [5.74, 6) is 1.23. The molecule has 2 unspecified atom stereocenters. The van der Waals surface area contributed by atoms with Crippen molar-refractivity contribution in [2.45, 2.75) is 49.8 Å². The molecule has 2 N–H and O–H groups in total. The summed E-state index contributed by atoms with van der Waals surface area (Å²) < 4.78 is 0. The first kappa shape index (κ1) is 14.0.